The summed E-state index contributed by atoms with van der Waals surface area (Å²) in [5, 5.41) is 17.4. The SMILES string of the molecule is CCC(C)C(N)C(=O)NC(C(=O)NC(CCSC)C(=O)NC(CCCN=C(N)N)C(=O)O)C(C)C. The van der Waals surface area contributed by atoms with Gasteiger partial charge in [0, 0.05) is 6.54 Å². The van der Waals surface area contributed by atoms with Gasteiger partial charge < -0.3 is 38.3 Å². The van der Waals surface area contributed by atoms with E-state index in [1.807, 2.05) is 20.1 Å². The van der Waals surface area contributed by atoms with E-state index in [2.05, 4.69) is 20.9 Å². The summed E-state index contributed by atoms with van der Waals surface area (Å²) in [6.45, 7) is 7.54. The molecule has 35 heavy (non-hydrogen) atoms. The Hall–Kier alpha value is -2.54. The van der Waals surface area contributed by atoms with Crippen LogP contribution in [0, 0.1) is 11.8 Å². The molecule has 0 heterocycles. The molecule has 0 aromatic carbocycles. The van der Waals surface area contributed by atoms with Crippen molar-refractivity contribution in [1.29, 1.82) is 0 Å². The summed E-state index contributed by atoms with van der Waals surface area (Å²) >= 11 is 1.48. The number of hydrogen-bond donors (Lipinski definition) is 7. The third kappa shape index (κ3) is 12.6. The van der Waals surface area contributed by atoms with Crippen LogP contribution in [0.25, 0.3) is 0 Å². The number of nitrogens with one attached hydrogen (secondary N) is 3. The van der Waals surface area contributed by atoms with Crippen molar-refractivity contribution in [3.63, 3.8) is 0 Å². The second-order valence-corrected chi connectivity index (χ2v) is 9.82. The molecule has 10 N–H and O–H groups in total. The molecule has 0 saturated heterocycles. The Morgan fingerprint density at radius 1 is 0.943 bits per heavy atom. The lowest BCUT2D eigenvalue weighted by Gasteiger charge is -2.27. The van der Waals surface area contributed by atoms with Crippen molar-refractivity contribution in [2.45, 2.75) is 77.5 Å². The van der Waals surface area contributed by atoms with Crippen molar-refractivity contribution in [2.24, 2.45) is 34.0 Å². The topological polar surface area (TPSA) is 215 Å². The fourth-order valence-electron chi connectivity index (χ4n) is 3.10. The van der Waals surface area contributed by atoms with E-state index in [9.17, 15) is 24.3 Å². The molecule has 0 aromatic rings. The number of thioether (sulfide) groups is 1. The Labute approximate surface area is 212 Å². The third-order valence-corrected chi connectivity index (χ3v) is 6.25. The van der Waals surface area contributed by atoms with E-state index in [0.717, 1.165) is 0 Å². The van der Waals surface area contributed by atoms with Crippen molar-refractivity contribution in [3.05, 3.63) is 0 Å². The predicted octanol–water partition coefficient (Wildman–Crippen LogP) is -0.638. The van der Waals surface area contributed by atoms with Gasteiger partial charge in [0.15, 0.2) is 5.96 Å². The van der Waals surface area contributed by atoms with Gasteiger partial charge in [-0.15, -0.1) is 0 Å². The molecule has 0 aliphatic carbocycles. The minimum Gasteiger partial charge on any atom is -0.480 e. The number of carboxylic acid groups (broad SMARTS) is 1. The summed E-state index contributed by atoms with van der Waals surface area (Å²) in [4.78, 5) is 54.0. The Morgan fingerprint density at radius 3 is 2.03 bits per heavy atom. The van der Waals surface area contributed by atoms with Crippen LogP contribution in [0.15, 0.2) is 4.99 Å². The first-order valence-electron chi connectivity index (χ1n) is 11.8. The van der Waals surface area contributed by atoms with Gasteiger partial charge in [0.2, 0.25) is 17.7 Å². The maximum atomic E-state index is 13.0. The lowest BCUT2D eigenvalue weighted by atomic mass is 9.97. The third-order valence-electron chi connectivity index (χ3n) is 5.61. The number of aliphatic imine (C=N–C) groups is 1. The summed E-state index contributed by atoms with van der Waals surface area (Å²) in [5.74, 6) is -2.68. The summed E-state index contributed by atoms with van der Waals surface area (Å²) in [6, 6.07) is -3.81. The molecule has 3 amide bonds. The molecule has 0 rings (SSSR count). The van der Waals surface area contributed by atoms with Crippen molar-refractivity contribution in [2.75, 3.05) is 18.6 Å². The van der Waals surface area contributed by atoms with Crippen LogP contribution in [-0.2, 0) is 19.2 Å². The van der Waals surface area contributed by atoms with Crippen molar-refractivity contribution in [3.8, 4) is 0 Å². The largest absolute Gasteiger partial charge is 0.480 e. The monoisotopic (exact) mass is 517 g/mol. The zero-order chi connectivity index (χ0) is 27.1. The van der Waals surface area contributed by atoms with Crippen molar-refractivity contribution < 1.29 is 24.3 Å². The molecule has 0 aliphatic rings. The predicted molar refractivity (Wildman–Crippen MR) is 139 cm³/mol. The highest BCUT2D eigenvalue weighted by atomic mass is 32.2. The van der Waals surface area contributed by atoms with Gasteiger partial charge in [0.05, 0.1) is 6.04 Å². The van der Waals surface area contributed by atoms with Crippen LogP contribution in [0.4, 0.5) is 0 Å². The molecule has 0 bridgehead atoms. The van der Waals surface area contributed by atoms with E-state index < -0.39 is 47.9 Å². The van der Waals surface area contributed by atoms with Gasteiger partial charge in [-0.25, -0.2) is 4.79 Å². The minimum atomic E-state index is -1.20. The molecule has 13 heteroatoms. The fraction of sp³-hybridized carbons (Fsp3) is 0.773. The molecule has 5 atom stereocenters. The molecule has 0 fully saturated rings. The number of carboxylic acids is 1. The maximum absolute atomic E-state index is 13.0. The Kier molecular flexibility index (Phi) is 15.7. The molecule has 0 aromatic heterocycles. The molecule has 0 radical (unpaired) electrons. The van der Waals surface area contributed by atoms with Crippen LogP contribution in [0.1, 0.15) is 53.4 Å². The van der Waals surface area contributed by atoms with Crippen LogP contribution in [0.5, 0.6) is 0 Å². The van der Waals surface area contributed by atoms with E-state index in [-0.39, 0.29) is 37.2 Å². The molecular weight excluding hydrogens is 474 g/mol. The zero-order valence-corrected chi connectivity index (χ0v) is 22.2. The van der Waals surface area contributed by atoms with Crippen molar-refractivity contribution >= 4 is 41.4 Å². The summed E-state index contributed by atoms with van der Waals surface area (Å²) in [5.41, 5.74) is 16.5. The summed E-state index contributed by atoms with van der Waals surface area (Å²) in [6.07, 6.45) is 3.30. The lowest BCUT2D eigenvalue weighted by Crippen LogP contribution is -2.59. The first kappa shape index (κ1) is 32.5. The van der Waals surface area contributed by atoms with Crippen LogP contribution < -0.4 is 33.2 Å². The Morgan fingerprint density at radius 2 is 1.54 bits per heavy atom. The number of carbonyl (C=O) groups excluding carboxylic acids is 3. The normalized spacial score (nSPS) is 15.3. The summed E-state index contributed by atoms with van der Waals surface area (Å²) < 4.78 is 0. The van der Waals surface area contributed by atoms with Gasteiger partial charge in [-0.1, -0.05) is 34.1 Å². The number of aliphatic carboxylic acids is 1. The molecule has 12 nitrogen and oxygen atoms in total. The standard InChI is InChI=1S/C22H43N7O5S/c1-6-13(4)16(23)19(31)29-17(12(2)3)20(32)27-14(9-11-35-5)18(30)28-15(21(33)34)8-7-10-26-22(24)25/h12-17H,6-11,23H2,1-5H3,(H,27,32)(H,28,30)(H,29,31)(H,33,34)(H4,24,25,26). The van der Waals surface area contributed by atoms with Crippen LogP contribution in [0.3, 0.4) is 0 Å². The molecule has 5 unspecified atom stereocenters. The summed E-state index contributed by atoms with van der Waals surface area (Å²) in [7, 11) is 0. The fourth-order valence-corrected chi connectivity index (χ4v) is 3.57. The molecular formula is C22H43N7O5S. The number of hydrogen-bond acceptors (Lipinski definition) is 7. The maximum Gasteiger partial charge on any atom is 0.326 e. The van der Waals surface area contributed by atoms with Gasteiger partial charge in [-0.3, -0.25) is 19.4 Å². The highest BCUT2D eigenvalue weighted by molar-refractivity contribution is 7.98. The van der Waals surface area contributed by atoms with E-state index >= 15 is 0 Å². The van der Waals surface area contributed by atoms with Crippen molar-refractivity contribution in [1.82, 2.24) is 16.0 Å². The number of amides is 3. The molecule has 0 aliphatic heterocycles. The highest BCUT2D eigenvalue weighted by Gasteiger charge is 2.32. The average molecular weight is 518 g/mol. The number of nitrogens with two attached hydrogens (primary N) is 3. The number of guanidine groups is 1. The number of nitrogens with zero attached hydrogens (tertiary/aromatic N) is 1. The molecule has 0 spiro atoms. The van der Waals surface area contributed by atoms with E-state index in [0.29, 0.717) is 18.6 Å². The second kappa shape index (κ2) is 17.0. The Bertz CT molecular complexity index is 731. The first-order valence-corrected chi connectivity index (χ1v) is 13.2. The van der Waals surface area contributed by atoms with Crippen LogP contribution >= 0.6 is 11.8 Å². The van der Waals surface area contributed by atoms with Crippen LogP contribution in [-0.4, -0.2) is 77.5 Å². The smallest absolute Gasteiger partial charge is 0.326 e. The number of rotatable bonds is 17. The molecule has 0 saturated carbocycles. The van der Waals surface area contributed by atoms with Gasteiger partial charge in [-0.2, -0.15) is 11.8 Å². The zero-order valence-electron chi connectivity index (χ0n) is 21.4. The van der Waals surface area contributed by atoms with Crippen LogP contribution in [0.2, 0.25) is 0 Å². The first-order chi connectivity index (χ1) is 16.3. The second-order valence-electron chi connectivity index (χ2n) is 8.83. The highest BCUT2D eigenvalue weighted by Crippen LogP contribution is 2.10. The van der Waals surface area contributed by atoms with Gasteiger partial charge in [0.25, 0.3) is 0 Å². The lowest BCUT2D eigenvalue weighted by molar-refractivity contribution is -0.142. The van der Waals surface area contributed by atoms with Gasteiger partial charge in [0.1, 0.15) is 18.1 Å². The number of carbonyl (C=O) groups is 4. The van der Waals surface area contributed by atoms with E-state index in [1.54, 1.807) is 13.8 Å². The van der Waals surface area contributed by atoms with E-state index in [1.165, 1.54) is 11.8 Å². The van der Waals surface area contributed by atoms with Gasteiger partial charge in [-0.05, 0) is 43.1 Å². The Balaban J connectivity index is 5.38. The van der Waals surface area contributed by atoms with Gasteiger partial charge >= 0.3 is 5.97 Å². The molecule has 202 valence electrons. The minimum absolute atomic E-state index is 0.0640. The van der Waals surface area contributed by atoms with E-state index in [4.69, 9.17) is 17.2 Å². The average Bonchev–Trinajstić information content (AvgIpc) is 2.79. The quantitative estimate of drug-likeness (QED) is 0.0740.